The van der Waals surface area contributed by atoms with Crippen LogP contribution in [0, 0.1) is 3.57 Å². The van der Waals surface area contributed by atoms with E-state index < -0.39 is 11.8 Å². The van der Waals surface area contributed by atoms with Gasteiger partial charge in [-0.2, -0.15) is 0 Å². The van der Waals surface area contributed by atoms with Crippen LogP contribution in [0.1, 0.15) is 5.56 Å². The standard InChI is InChI=1S/C18H15IN2O4/c1-24-15-10-11(9-14(19)16(15)25-2)8-13-17(22)20-21(18(13)23)12-6-4-3-5-7-12/h3-10H,1-2H3,(H,20,22)/b13-8-. The zero-order chi connectivity index (χ0) is 18.0. The van der Waals surface area contributed by atoms with Crippen LogP contribution >= 0.6 is 22.6 Å². The van der Waals surface area contributed by atoms with Crippen molar-refractivity contribution in [1.29, 1.82) is 0 Å². The van der Waals surface area contributed by atoms with Crippen molar-refractivity contribution in [2.24, 2.45) is 0 Å². The van der Waals surface area contributed by atoms with E-state index in [-0.39, 0.29) is 5.57 Å². The van der Waals surface area contributed by atoms with Crippen LogP contribution in [0.3, 0.4) is 0 Å². The number of halogens is 1. The van der Waals surface area contributed by atoms with Gasteiger partial charge in [-0.25, -0.2) is 5.01 Å². The Morgan fingerprint density at radius 2 is 1.80 bits per heavy atom. The summed E-state index contributed by atoms with van der Waals surface area (Å²) in [5.74, 6) is 0.296. The van der Waals surface area contributed by atoms with Crippen LogP contribution in [0.25, 0.3) is 6.08 Å². The van der Waals surface area contributed by atoms with E-state index in [2.05, 4.69) is 28.0 Å². The van der Waals surface area contributed by atoms with Crippen molar-refractivity contribution >= 4 is 46.2 Å². The SMILES string of the molecule is COc1cc(/C=C2/C(=O)NN(c3ccccc3)C2=O)cc(I)c1OC. The molecule has 0 aromatic heterocycles. The van der Waals surface area contributed by atoms with Crippen molar-refractivity contribution < 1.29 is 19.1 Å². The molecule has 128 valence electrons. The highest BCUT2D eigenvalue weighted by Crippen LogP contribution is 2.34. The Morgan fingerprint density at radius 1 is 1.08 bits per heavy atom. The van der Waals surface area contributed by atoms with Crippen LogP contribution in [0.5, 0.6) is 11.5 Å². The molecule has 1 aliphatic rings. The summed E-state index contributed by atoms with van der Waals surface area (Å²) in [5.41, 5.74) is 3.92. The average molecular weight is 450 g/mol. The molecule has 2 aromatic rings. The Kier molecular flexibility index (Phi) is 4.93. The molecule has 1 fully saturated rings. The lowest BCUT2D eigenvalue weighted by Crippen LogP contribution is -2.35. The summed E-state index contributed by atoms with van der Waals surface area (Å²) in [7, 11) is 3.10. The van der Waals surface area contributed by atoms with Gasteiger partial charge < -0.3 is 9.47 Å². The molecule has 2 amide bonds. The highest BCUT2D eigenvalue weighted by Gasteiger charge is 2.34. The van der Waals surface area contributed by atoms with E-state index in [9.17, 15) is 9.59 Å². The van der Waals surface area contributed by atoms with E-state index in [1.807, 2.05) is 12.1 Å². The fraction of sp³-hybridized carbons (Fsp3) is 0.111. The van der Waals surface area contributed by atoms with Crippen molar-refractivity contribution in [3.05, 3.63) is 57.2 Å². The van der Waals surface area contributed by atoms with Gasteiger partial charge >= 0.3 is 0 Å². The number of hydrazine groups is 1. The van der Waals surface area contributed by atoms with Crippen molar-refractivity contribution in [1.82, 2.24) is 5.43 Å². The molecule has 6 nitrogen and oxygen atoms in total. The van der Waals surface area contributed by atoms with Gasteiger partial charge in [0, 0.05) is 0 Å². The summed E-state index contributed by atoms with van der Waals surface area (Å²) in [6, 6.07) is 12.5. The quantitative estimate of drug-likeness (QED) is 0.442. The van der Waals surface area contributed by atoms with Gasteiger partial charge in [0.1, 0.15) is 5.57 Å². The molecular weight excluding hydrogens is 435 g/mol. The highest BCUT2D eigenvalue weighted by atomic mass is 127. The highest BCUT2D eigenvalue weighted by molar-refractivity contribution is 14.1. The Balaban J connectivity index is 1.98. The number of rotatable bonds is 4. The molecule has 2 aromatic carbocycles. The molecule has 7 heteroatoms. The van der Waals surface area contributed by atoms with E-state index in [1.54, 1.807) is 43.5 Å². The molecule has 1 saturated heterocycles. The molecule has 0 saturated carbocycles. The van der Waals surface area contributed by atoms with E-state index in [4.69, 9.17) is 9.47 Å². The number of ether oxygens (including phenoxy) is 2. The summed E-state index contributed by atoms with van der Waals surface area (Å²) < 4.78 is 11.4. The topological polar surface area (TPSA) is 67.9 Å². The molecule has 25 heavy (non-hydrogen) atoms. The third-order valence-electron chi connectivity index (χ3n) is 3.67. The number of hydrogen-bond donors (Lipinski definition) is 1. The number of carbonyl (C=O) groups excluding carboxylic acids is 2. The number of carbonyl (C=O) groups is 2. The van der Waals surface area contributed by atoms with E-state index in [1.165, 1.54) is 12.1 Å². The second-order valence-electron chi connectivity index (χ2n) is 5.21. The molecule has 0 unspecified atom stereocenters. The van der Waals surface area contributed by atoms with E-state index >= 15 is 0 Å². The number of benzene rings is 2. The largest absolute Gasteiger partial charge is 0.493 e. The predicted molar refractivity (Wildman–Crippen MR) is 102 cm³/mol. The Morgan fingerprint density at radius 3 is 2.44 bits per heavy atom. The van der Waals surface area contributed by atoms with Crippen LogP contribution < -0.4 is 19.9 Å². The lowest BCUT2D eigenvalue weighted by atomic mass is 10.1. The third kappa shape index (κ3) is 3.32. The summed E-state index contributed by atoms with van der Waals surface area (Å²) in [4.78, 5) is 24.8. The number of amides is 2. The molecule has 1 N–H and O–H groups in total. The van der Waals surface area contributed by atoms with Gasteiger partial charge in [-0.1, -0.05) is 18.2 Å². The monoisotopic (exact) mass is 450 g/mol. The lowest BCUT2D eigenvalue weighted by Gasteiger charge is -2.14. The van der Waals surface area contributed by atoms with Crippen molar-refractivity contribution in [3.63, 3.8) is 0 Å². The fourth-order valence-electron chi connectivity index (χ4n) is 2.50. The Bertz CT molecular complexity index is 865. The predicted octanol–water partition coefficient (Wildman–Crippen LogP) is 2.77. The third-order valence-corrected chi connectivity index (χ3v) is 4.47. The number of anilines is 1. The maximum absolute atomic E-state index is 12.6. The molecule has 0 radical (unpaired) electrons. The fourth-order valence-corrected chi connectivity index (χ4v) is 3.35. The van der Waals surface area contributed by atoms with Crippen molar-refractivity contribution in [3.8, 4) is 11.5 Å². The number of hydrogen-bond acceptors (Lipinski definition) is 4. The maximum Gasteiger partial charge on any atom is 0.282 e. The second-order valence-corrected chi connectivity index (χ2v) is 6.38. The molecule has 0 bridgehead atoms. The summed E-state index contributed by atoms with van der Waals surface area (Å²) in [6.45, 7) is 0. The molecule has 3 rings (SSSR count). The average Bonchev–Trinajstić information content (AvgIpc) is 2.90. The molecule has 0 aliphatic carbocycles. The Hall–Kier alpha value is -2.55. The summed E-state index contributed by atoms with van der Waals surface area (Å²) in [5, 5.41) is 1.24. The second kappa shape index (κ2) is 7.14. The number of nitrogens with zero attached hydrogens (tertiary/aromatic N) is 1. The molecule has 0 atom stereocenters. The molecular formula is C18H15IN2O4. The first-order valence-corrected chi connectivity index (χ1v) is 8.46. The van der Waals surface area contributed by atoms with Crippen LogP contribution in [0.15, 0.2) is 48.0 Å². The number of nitrogens with one attached hydrogen (secondary N) is 1. The Labute approximate surface area is 158 Å². The van der Waals surface area contributed by atoms with Gasteiger partial charge in [0.15, 0.2) is 11.5 Å². The number of para-hydroxylation sites is 1. The maximum atomic E-state index is 12.6. The van der Waals surface area contributed by atoms with Crippen molar-refractivity contribution in [2.75, 3.05) is 19.2 Å². The summed E-state index contributed by atoms with van der Waals surface area (Å²) >= 11 is 2.12. The first-order valence-electron chi connectivity index (χ1n) is 7.39. The normalized spacial score (nSPS) is 15.5. The van der Waals surface area contributed by atoms with Gasteiger partial charge in [0.25, 0.3) is 11.8 Å². The van der Waals surface area contributed by atoms with Gasteiger partial charge in [-0.05, 0) is 58.5 Å². The molecule has 0 spiro atoms. The minimum atomic E-state index is -0.446. The van der Waals surface area contributed by atoms with Crippen LogP contribution in [-0.4, -0.2) is 26.0 Å². The van der Waals surface area contributed by atoms with E-state index in [0.717, 1.165) is 3.57 Å². The molecule has 1 heterocycles. The van der Waals surface area contributed by atoms with Gasteiger partial charge in [0.05, 0.1) is 23.5 Å². The van der Waals surface area contributed by atoms with Gasteiger partial charge in [0.2, 0.25) is 0 Å². The van der Waals surface area contributed by atoms with E-state index in [0.29, 0.717) is 22.7 Å². The van der Waals surface area contributed by atoms with Gasteiger partial charge in [-0.3, -0.25) is 15.0 Å². The first kappa shape index (κ1) is 17.3. The minimum absolute atomic E-state index is 0.0619. The van der Waals surface area contributed by atoms with Crippen molar-refractivity contribution in [2.45, 2.75) is 0 Å². The summed E-state index contributed by atoms with van der Waals surface area (Å²) in [6.07, 6.45) is 1.55. The lowest BCUT2D eigenvalue weighted by molar-refractivity contribution is -0.117. The van der Waals surface area contributed by atoms with Crippen LogP contribution in [0.2, 0.25) is 0 Å². The zero-order valence-corrected chi connectivity index (χ0v) is 15.7. The molecule has 1 aliphatic heterocycles. The minimum Gasteiger partial charge on any atom is -0.493 e. The number of methoxy groups -OCH3 is 2. The van der Waals surface area contributed by atoms with Crippen LogP contribution in [0.4, 0.5) is 5.69 Å². The van der Waals surface area contributed by atoms with Crippen LogP contribution in [-0.2, 0) is 9.59 Å². The van der Waals surface area contributed by atoms with Gasteiger partial charge in [-0.15, -0.1) is 0 Å². The first-order chi connectivity index (χ1) is 12.0. The zero-order valence-electron chi connectivity index (χ0n) is 13.6. The smallest absolute Gasteiger partial charge is 0.282 e.